The highest BCUT2D eigenvalue weighted by molar-refractivity contribution is 7.99. The molecule has 1 aliphatic carbocycles. The van der Waals surface area contributed by atoms with Gasteiger partial charge in [-0.15, -0.1) is 0 Å². The van der Waals surface area contributed by atoms with E-state index in [1.807, 2.05) is 11.8 Å². The van der Waals surface area contributed by atoms with Crippen LogP contribution in [0, 0.1) is 0 Å². The molecular weight excluding hydrogens is 278 g/mol. The van der Waals surface area contributed by atoms with Crippen molar-refractivity contribution < 1.29 is 4.74 Å². The number of hydrogen-bond donors (Lipinski definition) is 1. The summed E-state index contributed by atoms with van der Waals surface area (Å²) in [4.78, 5) is 0. The largest absolute Gasteiger partial charge is 0.375 e. The molecule has 2 nitrogen and oxygen atoms in total. The molecule has 0 spiro atoms. The van der Waals surface area contributed by atoms with Gasteiger partial charge in [0.2, 0.25) is 0 Å². The standard InChI is InChI=1S/C18H27NOS/c1-2-10-19-18(17-13-21-12-11-20-17)16-8-6-15(7-9-16)14-4-3-5-14/h6-9,14,17-19H,2-5,10-13H2,1H3. The highest BCUT2D eigenvalue weighted by Gasteiger charge is 2.26. The third-order valence-electron chi connectivity index (χ3n) is 4.70. The Hall–Kier alpha value is -0.510. The van der Waals surface area contributed by atoms with Crippen LogP contribution >= 0.6 is 11.8 Å². The minimum atomic E-state index is 0.310. The van der Waals surface area contributed by atoms with E-state index in [4.69, 9.17) is 4.74 Å². The number of ether oxygens (including phenoxy) is 1. The van der Waals surface area contributed by atoms with E-state index >= 15 is 0 Å². The molecule has 1 aromatic carbocycles. The van der Waals surface area contributed by atoms with E-state index in [1.54, 1.807) is 0 Å². The molecule has 2 aliphatic rings. The average molecular weight is 305 g/mol. The fraction of sp³-hybridized carbons (Fsp3) is 0.667. The van der Waals surface area contributed by atoms with Crippen molar-refractivity contribution >= 4 is 11.8 Å². The maximum atomic E-state index is 6.02. The minimum absolute atomic E-state index is 0.310. The predicted octanol–water partition coefficient (Wildman–Crippen LogP) is 4.13. The Morgan fingerprint density at radius 1 is 1.29 bits per heavy atom. The monoisotopic (exact) mass is 305 g/mol. The van der Waals surface area contributed by atoms with Gasteiger partial charge in [-0.05, 0) is 42.9 Å². The Kier molecular flexibility index (Phi) is 5.61. The van der Waals surface area contributed by atoms with Crippen molar-refractivity contribution in [3.63, 3.8) is 0 Å². The Bertz CT molecular complexity index is 423. The van der Waals surface area contributed by atoms with Crippen LogP contribution in [-0.2, 0) is 4.74 Å². The minimum Gasteiger partial charge on any atom is -0.375 e. The molecule has 3 rings (SSSR count). The van der Waals surface area contributed by atoms with Crippen LogP contribution in [0.2, 0.25) is 0 Å². The maximum absolute atomic E-state index is 6.02. The zero-order valence-corrected chi connectivity index (χ0v) is 13.8. The summed E-state index contributed by atoms with van der Waals surface area (Å²) in [5, 5.41) is 3.69. The van der Waals surface area contributed by atoms with Gasteiger partial charge in [-0.25, -0.2) is 0 Å². The van der Waals surface area contributed by atoms with Gasteiger partial charge in [0.25, 0.3) is 0 Å². The fourth-order valence-electron chi connectivity index (χ4n) is 3.18. The molecule has 1 saturated carbocycles. The van der Waals surface area contributed by atoms with Crippen LogP contribution in [0.15, 0.2) is 24.3 Å². The first kappa shape index (κ1) is 15.4. The average Bonchev–Trinajstić information content (AvgIpc) is 2.49. The van der Waals surface area contributed by atoms with Crippen molar-refractivity contribution in [3.8, 4) is 0 Å². The molecule has 0 amide bonds. The first-order chi connectivity index (χ1) is 10.4. The SMILES string of the molecule is CCCNC(c1ccc(C2CCC2)cc1)C1CSCCO1. The lowest BCUT2D eigenvalue weighted by molar-refractivity contribution is 0.0468. The zero-order valence-electron chi connectivity index (χ0n) is 13.0. The van der Waals surface area contributed by atoms with Gasteiger partial charge in [0.15, 0.2) is 0 Å². The predicted molar refractivity (Wildman–Crippen MR) is 91.1 cm³/mol. The fourth-order valence-corrected chi connectivity index (χ4v) is 4.08. The van der Waals surface area contributed by atoms with Crippen molar-refractivity contribution in [3.05, 3.63) is 35.4 Å². The summed E-state index contributed by atoms with van der Waals surface area (Å²) < 4.78 is 6.02. The molecule has 2 fully saturated rings. The van der Waals surface area contributed by atoms with Gasteiger partial charge in [-0.1, -0.05) is 37.6 Å². The highest BCUT2D eigenvalue weighted by atomic mass is 32.2. The Balaban J connectivity index is 1.71. The van der Waals surface area contributed by atoms with Crippen LogP contribution in [0.1, 0.15) is 55.7 Å². The van der Waals surface area contributed by atoms with Crippen molar-refractivity contribution in [2.24, 2.45) is 0 Å². The maximum Gasteiger partial charge on any atom is 0.0860 e. The van der Waals surface area contributed by atoms with Crippen LogP contribution in [0.5, 0.6) is 0 Å². The van der Waals surface area contributed by atoms with E-state index in [-0.39, 0.29) is 0 Å². The summed E-state index contributed by atoms with van der Waals surface area (Å²) in [5.41, 5.74) is 2.91. The normalized spacial score (nSPS) is 24.5. The van der Waals surface area contributed by atoms with Crippen LogP contribution in [0.3, 0.4) is 0 Å². The van der Waals surface area contributed by atoms with Crippen molar-refractivity contribution in [2.45, 2.75) is 50.7 Å². The number of thioether (sulfide) groups is 1. The van der Waals surface area contributed by atoms with Gasteiger partial charge in [0.05, 0.1) is 18.8 Å². The van der Waals surface area contributed by atoms with E-state index in [1.165, 1.54) is 30.4 Å². The van der Waals surface area contributed by atoms with Crippen molar-refractivity contribution in [1.29, 1.82) is 0 Å². The lowest BCUT2D eigenvalue weighted by Gasteiger charge is -2.32. The van der Waals surface area contributed by atoms with Gasteiger partial charge < -0.3 is 10.1 Å². The summed E-state index contributed by atoms with van der Waals surface area (Å²) >= 11 is 2.02. The lowest BCUT2D eigenvalue weighted by atomic mass is 9.79. The Morgan fingerprint density at radius 2 is 2.10 bits per heavy atom. The third-order valence-corrected chi connectivity index (χ3v) is 5.72. The quantitative estimate of drug-likeness (QED) is 0.854. The van der Waals surface area contributed by atoms with Gasteiger partial charge in [0.1, 0.15) is 0 Å². The second-order valence-corrected chi connectivity index (χ2v) is 7.36. The van der Waals surface area contributed by atoms with Crippen LogP contribution in [0.4, 0.5) is 0 Å². The molecule has 1 N–H and O–H groups in total. The number of rotatable bonds is 6. The Morgan fingerprint density at radius 3 is 2.67 bits per heavy atom. The van der Waals surface area contributed by atoms with E-state index in [2.05, 4.69) is 36.5 Å². The molecule has 0 aromatic heterocycles. The molecule has 116 valence electrons. The van der Waals surface area contributed by atoms with E-state index in [0.717, 1.165) is 37.0 Å². The number of hydrogen-bond acceptors (Lipinski definition) is 3. The Labute approximate surface area is 133 Å². The van der Waals surface area contributed by atoms with Crippen LogP contribution < -0.4 is 5.32 Å². The van der Waals surface area contributed by atoms with Gasteiger partial charge in [0, 0.05) is 11.5 Å². The van der Waals surface area contributed by atoms with Gasteiger partial charge >= 0.3 is 0 Å². The van der Waals surface area contributed by atoms with Crippen LogP contribution in [0.25, 0.3) is 0 Å². The zero-order chi connectivity index (χ0) is 14.5. The van der Waals surface area contributed by atoms with Gasteiger partial charge in [-0.2, -0.15) is 11.8 Å². The third kappa shape index (κ3) is 3.82. The van der Waals surface area contributed by atoms with Crippen molar-refractivity contribution in [1.82, 2.24) is 5.32 Å². The first-order valence-electron chi connectivity index (χ1n) is 8.41. The molecule has 2 atom stereocenters. The van der Waals surface area contributed by atoms with Crippen molar-refractivity contribution in [2.75, 3.05) is 24.7 Å². The summed E-state index contributed by atoms with van der Waals surface area (Å²) in [7, 11) is 0. The molecule has 3 heteroatoms. The van der Waals surface area contributed by atoms with E-state index in [0.29, 0.717) is 12.1 Å². The molecule has 0 radical (unpaired) electrons. The first-order valence-corrected chi connectivity index (χ1v) is 9.56. The molecule has 1 heterocycles. The topological polar surface area (TPSA) is 21.3 Å². The molecule has 21 heavy (non-hydrogen) atoms. The number of nitrogens with one attached hydrogen (secondary N) is 1. The summed E-state index contributed by atoms with van der Waals surface area (Å²) in [5.74, 6) is 3.06. The molecule has 2 unspecified atom stereocenters. The van der Waals surface area contributed by atoms with Crippen LogP contribution in [-0.4, -0.2) is 30.8 Å². The highest BCUT2D eigenvalue weighted by Crippen LogP contribution is 2.37. The van der Waals surface area contributed by atoms with E-state index in [9.17, 15) is 0 Å². The summed E-state index contributed by atoms with van der Waals surface area (Å²) in [6.45, 7) is 4.17. The number of benzene rings is 1. The molecule has 0 bridgehead atoms. The van der Waals surface area contributed by atoms with E-state index < -0.39 is 0 Å². The summed E-state index contributed by atoms with van der Waals surface area (Å²) in [6.07, 6.45) is 5.62. The second kappa shape index (κ2) is 7.66. The second-order valence-electron chi connectivity index (χ2n) is 6.21. The smallest absolute Gasteiger partial charge is 0.0860 e. The molecule has 1 saturated heterocycles. The lowest BCUT2D eigenvalue weighted by Crippen LogP contribution is -2.38. The van der Waals surface area contributed by atoms with Gasteiger partial charge in [-0.3, -0.25) is 0 Å². The molecule has 1 aromatic rings. The molecule has 1 aliphatic heterocycles. The summed E-state index contributed by atoms with van der Waals surface area (Å²) in [6, 6.07) is 9.67. The molecular formula is C18H27NOS.